The predicted molar refractivity (Wildman–Crippen MR) is 123 cm³/mol. The molecule has 0 fully saturated rings. The van der Waals surface area contributed by atoms with Crippen LogP contribution in [0.15, 0.2) is 71.6 Å². The van der Waals surface area contributed by atoms with Gasteiger partial charge in [0.25, 0.3) is 10.0 Å². The predicted octanol–water partition coefficient (Wildman–Crippen LogP) is 3.93. The largest absolute Gasteiger partial charge is 0.486 e. The van der Waals surface area contributed by atoms with Crippen molar-refractivity contribution < 1.29 is 17.9 Å². The van der Waals surface area contributed by atoms with Crippen molar-refractivity contribution in [3.8, 4) is 11.5 Å². The van der Waals surface area contributed by atoms with E-state index in [2.05, 4.69) is 15.4 Å². The second kappa shape index (κ2) is 8.20. The van der Waals surface area contributed by atoms with Crippen molar-refractivity contribution >= 4 is 26.7 Å². The van der Waals surface area contributed by atoms with Gasteiger partial charge in [0.1, 0.15) is 19.0 Å². The van der Waals surface area contributed by atoms with E-state index in [0.29, 0.717) is 30.4 Å². The Bertz CT molecular complexity index is 1400. The third-order valence-corrected chi connectivity index (χ3v) is 6.90. The highest BCUT2D eigenvalue weighted by atomic mass is 32.2. The van der Waals surface area contributed by atoms with Gasteiger partial charge in [0, 0.05) is 25.2 Å². The van der Waals surface area contributed by atoms with Crippen LogP contribution in [0.3, 0.4) is 0 Å². The number of hydrogen-bond acceptors (Lipinski definition) is 5. The molecule has 0 spiro atoms. The van der Waals surface area contributed by atoms with Crippen LogP contribution in [0.1, 0.15) is 11.4 Å². The summed E-state index contributed by atoms with van der Waals surface area (Å²) in [5, 5.41) is 0. The van der Waals surface area contributed by atoms with E-state index in [1.807, 2.05) is 43.4 Å². The van der Waals surface area contributed by atoms with Crippen molar-refractivity contribution in [1.29, 1.82) is 0 Å². The lowest BCUT2D eigenvalue weighted by Gasteiger charge is -2.19. The maximum Gasteiger partial charge on any atom is 0.262 e. The second-order valence-electron chi connectivity index (χ2n) is 7.69. The number of rotatable bonds is 6. The first-order valence-corrected chi connectivity index (χ1v) is 11.9. The van der Waals surface area contributed by atoms with Crippen molar-refractivity contribution in [2.24, 2.45) is 7.05 Å². The van der Waals surface area contributed by atoms with Crippen molar-refractivity contribution in [3.63, 3.8) is 0 Å². The lowest BCUT2D eigenvalue weighted by atomic mass is 10.1. The minimum Gasteiger partial charge on any atom is -0.486 e. The molecule has 0 bridgehead atoms. The molecule has 0 radical (unpaired) electrons. The average Bonchev–Trinajstić information content (AvgIpc) is 3.13. The molecule has 2 heterocycles. The van der Waals surface area contributed by atoms with Gasteiger partial charge in [-0.15, -0.1) is 0 Å². The summed E-state index contributed by atoms with van der Waals surface area (Å²) < 4.78 is 41.5. The number of ether oxygens (including phenoxy) is 2. The first-order valence-electron chi connectivity index (χ1n) is 10.4. The molecule has 0 saturated heterocycles. The van der Waals surface area contributed by atoms with Crippen molar-refractivity contribution in [3.05, 3.63) is 78.1 Å². The molecule has 1 aliphatic rings. The summed E-state index contributed by atoms with van der Waals surface area (Å²) in [6.07, 6.45) is 1.50. The van der Waals surface area contributed by atoms with Crippen LogP contribution in [0.5, 0.6) is 11.5 Å². The Hall–Kier alpha value is -3.52. The Kier molecular flexibility index (Phi) is 5.22. The molecule has 5 rings (SSSR count). The summed E-state index contributed by atoms with van der Waals surface area (Å²) in [6, 6.07) is 20.1. The van der Waals surface area contributed by atoms with Crippen LogP contribution in [-0.4, -0.2) is 31.2 Å². The fourth-order valence-corrected chi connectivity index (χ4v) is 4.93. The van der Waals surface area contributed by atoms with Crippen LogP contribution in [0.2, 0.25) is 0 Å². The highest BCUT2D eigenvalue weighted by molar-refractivity contribution is 7.92. The van der Waals surface area contributed by atoms with Crippen LogP contribution in [0, 0.1) is 0 Å². The van der Waals surface area contributed by atoms with E-state index in [4.69, 9.17) is 14.5 Å². The Labute approximate surface area is 186 Å². The molecule has 0 unspecified atom stereocenters. The molecule has 164 valence electrons. The van der Waals surface area contributed by atoms with Crippen molar-refractivity contribution in [2.75, 3.05) is 17.9 Å². The monoisotopic (exact) mass is 449 g/mol. The molecule has 4 aromatic rings. The van der Waals surface area contributed by atoms with E-state index in [1.165, 1.54) is 12.1 Å². The summed E-state index contributed by atoms with van der Waals surface area (Å²) in [6.45, 7) is 0.857. The Morgan fingerprint density at radius 3 is 2.59 bits per heavy atom. The van der Waals surface area contributed by atoms with Gasteiger partial charge in [-0.1, -0.05) is 24.3 Å². The second-order valence-corrected chi connectivity index (χ2v) is 9.37. The fraction of sp³-hybridized carbons (Fsp3) is 0.208. The van der Waals surface area contributed by atoms with Gasteiger partial charge in [-0.2, -0.15) is 0 Å². The SMILES string of the molecule is Cn1c(CCc2cccc(NS(=O)(=O)c3ccc4c(c3)OCCO4)c2)nc2ccccc21. The summed E-state index contributed by atoms with van der Waals surface area (Å²) in [7, 11) is -1.74. The normalized spacial score (nSPS) is 13.3. The number of fused-ring (bicyclic) bond motifs is 2. The van der Waals surface area contributed by atoms with Gasteiger partial charge in [0.05, 0.1) is 15.9 Å². The van der Waals surface area contributed by atoms with Gasteiger partial charge < -0.3 is 14.0 Å². The van der Waals surface area contributed by atoms with Gasteiger partial charge in [0.15, 0.2) is 11.5 Å². The van der Waals surface area contributed by atoms with Crippen molar-refractivity contribution in [2.45, 2.75) is 17.7 Å². The van der Waals surface area contributed by atoms with Crippen LogP contribution >= 0.6 is 0 Å². The molecular weight excluding hydrogens is 426 g/mol. The van der Waals surface area contributed by atoms with Gasteiger partial charge in [-0.25, -0.2) is 13.4 Å². The Morgan fingerprint density at radius 1 is 0.938 bits per heavy atom. The minimum atomic E-state index is -3.76. The summed E-state index contributed by atoms with van der Waals surface area (Å²) in [4.78, 5) is 4.84. The van der Waals surface area contributed by atoms with Crippen LogP contribution in [-0.2, 0) is 29.9 Å². The maximum absolute atomic E-state index is 12.9. The molecule has 1 aromatic heterocycles. The molecule has 0 amide bonds. The molecule has 32 heavy (non-hydrogen) atoms. The quantitative estimate of drug-likeness (QED) is 0.482. The molecule has 0 atom stereocenters. The molecule has 1 aliphatic heterocycles. The van der Waals surface area contributed by atoms with E-state index >= 15 is 0 Å². The maximum atomic E-state index is 12.9. The van der Waals surface area contributed by atoms with Gasteiger partial charge in [-0.3, -0.25) is 4.72 Å². The standard InChI is InChI=1S/C24H23N3O4S/c1-27-21-8-3-2-7-20(21)25-24(27)12-9-17-5-4-6-18(15-17)26-32(28,29)19-10-11-22-23(16-19)31-14-13-30-22/h2-8,10-11,15-16,26H,9,12-14H2,1H3. The Morgan fingerprint density at radius 2 is 1.75 bits per heavy atom. The number of para-hydroxylation sites is 2. The molecule has 3 aromatic carbocycles. The van der Waals surface area contributed by atoms with Crippen LogP contribution < -0.4 is 14.2 Å². The number of nitrogens with one attached hydrogen (secondary N) is 1. The first kappa shape index (κ1) is 20.4. The third-order valence-electron chi connectivity index (χ3n) is 5.52. The van der Waals surface area contributed by atoms with E-state index in [9.17, 15) is 8.42 Å². The lowest BCUT2D eigenvalue weighted by molar-refractivity contribution is 0.171. The van der Waals surface area contributed by atoms with Gasteiger partial charge >= 0.3 is 0 Å². The minimum absolute atomic E-state index is 0.131. The van der Waals surface area contributed by atoms with Crippen LogP contribution in [0.25, 0.3) is 11.0 Å². The average molecular weight is 450 g/mol. The molecule has 0 saturated carbocycles. The third kappa shape index (κ3) is 4.01. The lowest BCUT2D eigenvalue weighted by Crippen LogP contribution is -2.17. The summed E-state index contributed by atoms with van der Waals surface area (Å²) in [5.41, 5.74) is 3.62. The van der Waals surface area contributed by atoms with Gasteiger partial charge in [-0.05, 0) is 48.4 Å². The zero-order chi connectivity index (χ0) is 22.1. The number of hydrogen-bond donors (Lipinski definition) is 1. The van der Waals surface area contributed by atoms with Crippen LogP contribution in [0.4, 0.5) is 5.69 Å². The topological polar surface area (TPSA) is 82.5 Å². The number of aryl methyl sites for hydroxylation is 3. The van der Waals surface area contributed by atoms with Gasteiger partial charge in [0.2, 0.25) is 0 Å². The zero-order valence-corrected chi connectivity index (χ0v) is 18.4. The van der Waals surface area contributed by atoms with E-state index < -0.39 is 10.0 Å². The number of anilines is 1. The smallest absolute Gasteiger partial charge is 0.262 e. The molecule has 1 N–H and O–H groups in total. The molecule has 7 nitrogen and oxygen atoms in total. The van der Waals surface area contributed by atoms with Crippen molar-refractivity contribution in [1.82, 2.24) is 9.55 Å². The summed E-state index contributed by atoms with van der Waals surface area (Å²) >= 11 is 0. The fourth-order valence-electron chi connectivity index (χ4n) is 3.87. The van der Waals surface area contributed by atoms with E-state index in [-0.39, 0.29) is 4.90 Å². The van der Waals surface area contributed by atoms with E-state index in [0.717, 1.165) is 35.3 Å². The number of sulfonamides is 1. The molecule has 0 aliphatic carbocycles. The highest BCUT2D eigenvalue weighted by Crippen LogP contribution is 2.32. The summed E-state index contributed by atoms with van der Waals surface area (Å²) in [5.74, 6) is 1.99. The number of aromatic nitrogens is 2. The zero-order valence-electron chi connectivity index (χ0n) is 17.6. The first-order chi connectivity index (χ1) is 15.5. The number of benzene rings is 3. The number of imidazole rings is 1. The Balaban J connectivity index is 1.32. The highest BCUT2D eigenvalue weighted by Gasteiger charge is 2.19. The number of nitrogens with zero attached hydrogens (tertiary/aromatic N) is 2. The van der Waals surface area contributed by atoms with E-state index in [1.54, 1.807) is 12.1 Å². The molecule has 8 heteroatoms. The molecular formula is C24H23N3O4S.